The van der Waals surface area contributed by atoms with Gasteiger partial charge in [-0.1, -0.05) is 19.6 Å². The molecule has 1 aliphatic rings. The van der Waals surface area contributed by atoms with Gasteiger partial charge in [0, 0.05) is 22.9 Å². The summed E-state index contributed by atoms with van der Waals surface area (Å²) in [6, 6.07) is 4.81. The first-order valence-electron chi connectivity index (χ1n) is 9.77. The predicted octanol–water partition coefficient (Wildman–Crippen LogP) is 3.64. The first-order valence-corrected chi connectivity index (χ1v) is 13.3. The molecule has 1 saturated heterocycles. The quantitative estimate of drug-likeness (QED) is 0.400. The number of nitro benzene ring substituents is 1. The van der Waals surface area contributed by atoms with E-state index in [0.717, 1.165) is 16.8 Å². The number of non-ortho nitro benzene ring substituents is 1. The van der Waals surface area contributed by atoms with Gasteiger partial charge in [-0.3, -0.25) is 10.1 Å². The zero-order valence-corrected chi connectivity index (χ0v) is 19.5. The molecule has 168 valence electrons. The molecule has 0 atom stereocenters. The van der Waals surface area contributed by atoms with Crippen LogP contribution < -0.4 is 10.8 Å². The second kappa shape index (κ2) is 7.17. The lowest BCUT2D eigenvalue weighted by Crippen LogP contribution is -2.55. The fraction of sp³-hybridized carbons (Fsp3) is 0.526. The summed E-state index contributed by atoms with van der Waals surface area (Å²) in [7, 11) is -3.63. The number of halogens is 3. The summed E-state index contributed by atoms with van der Waals surface area (Å²) in [5.74, 6) is 0. The van der Waals surface area contributed by atoms with Crippen LogP contribution in [0.25, 0.3) is 5.69 Å². The smallest absolute Gasteiger partial charge is 0.399 e. The summed E-state index contributed by atoms with van der Waals surface area (Å²) in [4.78, 5) is 10.3. The van der Waals surface area contributed by atoms with Gasteiger partial charge in [0.05, 0.1) is 21.8 Å². The van der Waals surface area contributed by atoms with Crippen LogP contribution >= 0.6 is 0 Å². The van der Waals surface area contributed by atoms with Crippen LogP contribution in [0.3, 0.4) is 0 Å². The van der Waals surface area contributed by atoms with Gasteiger partial charge in [-0.05, 0) is 39.8 Å². The molecule has 0 aliphatic carbocycles. The minimum absolute atomic E-state index is 0.0696. The van der Waals surface area contributed by atoms with Crippen molar-refractivity contribution < 1.29 is 27.4 Å². The van der Waals surface area contributed by atoms with Gasteiger partial charge in [0.2, 0.25) is 0 Å². The first-order chi connectivity index (χ1) is 14.0. The van der Waals surface area contributed by atoms with Gasteiger partial charge in [0.15, 0.2) is 0 Å². The molecule has 3 rings (SSSR count). The van der Waals surface area contributed by atoms with Crippen molar-refractivity contribution in [3.05, 3.63) is 40.1 Å². The van der Waals surface area contributed by atoms with E-state index in [-0.39, 0.29) is 16.8 Å². The lowest BCUT2D eigenvalue weighted by molar-refractivity contribution is -0.384. The number of benzene rings is 1. The highest BCUT2D eigenvalue weighted by Gasteiger charge is 2.56. The first kappa shape index (κ1) is 23.5. The molecule has 0 saturated carbocycles. The molecule has 31 heavy (non-hydrogen) atoms. The molecule has 7 nitrogen and oxygen atoms in total. The molecule has 1 fully saturated rings. The van der Waals surface area contributed by atoms with Crippen LogP contribution in [0, 0.1) is 10.1 Å². The largest absolute Gasteiger partial charge is 0.498 e. The average Bonchev–Trinajstić information content (AvgIpc) is 3.10. The second-order valence-corrected chi connectivity index (χ2v) is 14.6. The topological polar surface area (TPSA) is 79.4 Å². The molecule has 0 spiro atoms. The molecule has 1 aromatic carbocycles. The molecule has 1 aromatic heterocycles. The molecule has 2 heterocycles. The highest BCUT2D eigenvalue weighted by Crippen LogP contribution is 2.38. The van der Waals surface area contributed by atoms with Crippen molar-refractivity contribution in [2.24, 2.45) is 0 Å². The van der Waals surface area contributed by atoms with Crippen LogP contribution in [0.1, 0.15) is 33.4 Å². The van der Waals surface area contributed by atoms with Crippen LogP contribution in [0.2, 0.25) is 19.6 Å². The summed E-state index contributed by atoms with van der Waals surface area (Å²) < 4.78 is 55.9. The van der Waals surface area contributed by atoms with Gasteiger partial charge < -0.3 is 9.31 Å². The third kappa shape index (κ3) is 4.15. The number of rotatable bonds is 4. The monoisotopic (exact) mass is 455 g/mol. The van der Waals surface area contributed by atoms with Crippen molar-refractivity contribution in [2.45, 2.75) is 64.7 Å². The van der Waals surface area contributed by atoms with E-state index >= 15 is 0 Å². The van der Waals surface area contributed by atoms with Crippen LogP contribution in [0.5, 0.6) is 0 Å². The SMILES string of the molecule is CC1(C)OB(c2c([Si](C)(C)C)nn(-c3ccc([N+](=O)[O-])cc3)c2C(F)(F)F)OC1(C)C. The Hall–Kier alpha value is -2.18. The van der Waals surface area contributed by atoms with E-state index < -0.39 is 43.2 Å². The number of aromatic nitrogens is 2. The standard InChI is InChI=1S/C19H25BF3N3O4Si/c1-17(2)18(3,4)30-20(29-17)14-15(19(21,22)23)25(24-16(14)31(5,6)7)12-8-10-13(11-9-12)26(27)28/h8-11H,1-7H3. The summed E-state index contributed by atoms with van der Waals surface area (Å²) in [6.07, 6.45) is -4.76. The van der Waals surface area contributed by atoms with Crippen molar-refractivity contribution in [3.8, 4) is 5.69 Å². The fourth-order valence-corrected chi connectivity index (χ4v) is 4.79. The van der Waals surface area contributed by atoms with E-state index in [1.54, 1.807) is 27.7 Å². The summed E-state index contributed by atoms with van der Waals surface area (Å²) in [6.45, 7) is 12.8. The summed E-state index contributed by atoms with van der Waals surface area (Å²) >= 11 is 0. The highest BCUT2D eigenvalue weighted by molar-refractivity contribution is 6.92. The van der Waals surface area contributed by atoms with Gasteiger partial charge in [-0.2, -0.15) is 18.3 Å². The van der Waals surface area contributed by atoms with Gasteiger partial charge in [0.1, 0.15) is 13.8 Å². The Labute approximate surface area is 179 Å². The van der Waals surface area contributed by atoms with E-state index in [9.17, 15) is 23.3 Å². The minimum Gasteiger partial charge on any atom is -0.399 e. The molecule has 12 heteroatoms. The minimum atomic E-state index is -4.76. The third-order valence-electron chi connectivity index (χ3n) is 5.70. The number of nitro groups is 1. The molecule has 0 amide bonds. The van der Waals surface area contributed by atoms with E-state index in [2.05, 4.69) is 5.10 Å². The van der Waals surface area contributed by atoms with Crippen LogP contribution in [-0.4, -0.2) is 41.1 Å². The Morgan fingerprint density at radius 3 is 1.94 bits per heavy atom. The van der Waals surface area contributed by atoms with E-state index in [4.69, 9.17) is 9.31 Å². The molecule has 0 radical (unpaired) electrons. The predicted molar refractivity (Wildman–Crippen MR) is 114 cm³/mol. The highest BCUT2D eigenvalue weighted by atomic mass is 28.3. The Morgan fingerprint density at radius 2 is 1.55 bits per heavy atom. The number of nitrogens with zero attached hydrogens (tertiary/aromatic N) is 3. The summed E-state index contributed by atoms with van der Waals surface area (Å²) in [5.41, 5.74) is -2.92. The summed E-state index contributed by atoms with van der Waals surface area (Å²) in [5, 5.41) is 15.6. The fourth-order valence-electron chi connectivity index (χ4n) is 3.34. The van der Waals surface area contributed by atoms with Crippen molar-refractivity contribution in [3.63, 3.8) is 0 Å². The normalized spacial score (nSPS) is 18.5. The molecule has 2 aromatic rings. The Kier molecular flexibility index (Phi) is 5.43. The second-order valence-electron chi connectivity index (χ2n) is 9.63. The Bertz CT molecular complexity index is 998. The van der Waals surface area contributed by atoms with Crippen LogP contribution in [0.15, 0.2) is 24.3 Å². The molecular formula is C19H25BF3N3O4Si. The lowest BCUT2D eigenvalue weighted by atomic mass is 9.79. The van der Waals surface area contributed by atoms with Crippen LogP contribution in [0.4, 0.5) is 18.9 Å². The maximum absolute atomic E-state index is 14.4. The molecule has 0 N–H and O–H groups in total. The molecule has 1 aliphatic heterocycles. The van der Waals surface area contributed by atoms with E-state index in [1.807, 2.05) is 19.6 Å². The molecule has 0 bridgehead atoms. The van der Waals surface area contributed by atoms with Crippen molar-refractivity contribution >= 4 is 31.7 Å². The van der Waals surface area contributed by atoms with Gasteiger partial charge in [-0.15, -0.1) is 0 Å². The maximum atomic E-state index is 14.4. The number of hydrogen-bond acceptors (Lipinski definition) is 5. The van der Waals surface area contributed by atoms with E-state index in [0.29, 0.717) is 5.32 Å². The lowest BCUT2D eigenvalue weighted by Gasteiger charge is -2.32. The molecular weight excluding hydrogens is 430 g/mol. The van der Waals surface area contributed by atoms with Crippen molar-refractivity contribution in [1.82, 2.24) is 9.78 Å². The van der Waals surface area contributed by atoms with Crippen LogP contribution in [-0.2, 0) is 15.5 Å². The zero-order valence-electron chi connectivity index (χ0n) is 18.5. The van der Waals surface area contributed by atoms with E-state index in [1.165, 1.54) is 12.1 Å². The van der Waals surface area contributed by atoms with Gasteiger partial charge in [-0.25, -0.2) is 4.68 Å². The molecule has 0 unspecified atom stereocenters. The third-order valence-corrected chi connectivity index (χ3v) is 7.49. The van der Waals surface area contributed by atoms with Gasteiger partial charge >= 0.3 is 13.3 Å². The Morgan fingerprint density at radius 1 is 1.06 bits per heavy atom. The number of hydrogen-bond donors (Lipinski definition) is 0. The van der Waals surface area contributed by atoms with Gasteiger partial charge in [0.25, 0.3) is 5.69 Å². The number of alkyl halides is 3. The van der Waals surface area contributed by atoms with Crippen molar-refractivity contribution in [1.29, 1.82) is 0 Å². The average molecular weight is 455 g/mol. The zero-order chi connectivity index (χ0) is 23.6. The maximum Gasteiger partial charge on any atom is 0.498 e. The Balaban J connectivity index is 2.28. The van der Waals surface area contributed by atoms with Crippen molar-refractivity contribution in [2.75, 3.05) is 0 Å².